The molecule has 21 heavy (non-hydrogen) atoms. The highest BCUT2D eigenvalue weighted by Crippen LogP contribution is 2.21. The van der Waals surface area contributed by atoms with Gasteiger partial charge in [0.15, 0.2) is 0 Å². The fourth-order valence-corrected chi connectivity index (χ4v) is 2.94. The summed E-state index contributed by atoms with van der Waals surface area (Å²) in [6, 6.07) is 6.42. The Morgan fingerprint density at radius 3 is 2.86 bits per heavy atom. The number of aryl methyl sites for hydroxylation is 2. The SMILES string of the molecule is COC1CCCC1NCC(O)COc1ccc(C)cc1C. The minimum atomic E-state index is -0.510. The van der Waals surface area contributed by atoms with E-state index in [1.807, 2.05) is 19.1 Å². The molecule has 1 aliphatic carbocycles. The molecule has 0 bridgehead atoms. The number of hydrogen-bond donors (Lipinski definition) is 2. The quantitative estimate of drug-likeness (QED) is 0.809. The molecule has 2 rings (SSSR count). The van der Waals surface area contributed by atoms with Crippen molar-refractivity contribution in [2.75, 3.05) is 20.3 Å². The number of rotatable bonds is 7. The average Bonchev–Trinajstić information content (AvgIpc) is 2.91. The summed E-state index contributed by atoms with van der Waals surface area (Å²) in [6.45, 7) is 4.93. The number of nitrogens with one attached hydrogen (secondary N) is 1. The van der Waals surface area contributed by atoms with Crippen LogP contribution in [0.2, 0.25) is 0 Å². The van der Waals surface area contributed by atoms with Crippen molar-refractivity contribution in [3.8, 4) is 5.75 Å². The number of methoxy groups -OCH3 is 1. The fraction of sp³-hybridized carbons (Fsp3) is 0.647. The highest BCUT2D eigenvalue weighted by atomic mass is 16.5. The van der Waals surface area contributed by atoms with Gasteiger partial charge in [0.05, 0.1) is 6.10 Å². The smallest absolute Gasteiger partial charge is 0.122 e. The van der Waals surface area contributed by atoms with E-state index in [-0.39, 0.29) is 6.10 Å². The second kappa shape index (κ2) is 7.78. The zero-order valence-electron chi connectivity index (χ0n) is 13.3. The van der Waals surface area contributed by atoms with Crippen molar-refractivity contribution in [1.82, 2.24) is 5.32 Å². The van der Waals surface area contributed by atoms with Gasteiger partial charge in [-0.3, -0.25) is 0 Å². The van der Waals surface area contributed by atoms with E-state index in [0.29, 0.717) is 19.2 Å². The second-order valence-electron chi connectivity index (χ2n) is 5.95. The maximum atomic E-state index is 10.0. The van der Waals surface area contributed by atoms with Crippen LogP contribution < -0.4 is 10.1 Å². The maximum Gasteiger partial charge on any atom is 0.122 e. The van der Waals surface area contributed by atoms with Gasteiger partial charge in [-0.1, -0.05) is 17.7 Å². The second-order valence-corrected chi connectivity index (χ2v) is 5.95. The van der Waals surface area contributed by atoms with Crippen molar-refractivity contribution < 1.29 is 14.6 Å². The van der Waals surface area contributed by atoms with E-state index in [0.717, 1.165) is 24.2 Å². The molecule has 4 nitrogen and oxygen atoms in total. The molecule has 1 fully saturated rings. The highest BCUT2D eigenvalue weighted by Gasteiger charge is 2.26. The lowest BCUT2D eigenvalue weighted by Crippen LogP contribution is -2.42. The van der Waals surface area contributed by atoms with Gasteiger partial charge in [-0.15, -0.1) is 0 Å². The Balaban J connectivity index is 1.73. The molecule has 0 amide bonds. The molecular formula is C17H27NO3. The third kappa shape index (κ3) is 4.70. The van der Waals surface area contributed by atoms with E-state index in [1.54, 1.807) is 7.11 Å². The van der Waals surface area contributed by atoms with Crippen LogP contribution in [0.4, 0.5) is 0 Å². The van der Waals surface area contributed by atoms with E-state index in [4.69, 9.17) is 9.47 Å². The first kappa shape index (κ1) is 16.3. The first-order valence-electron chi connectivity index (χ1n) is 7.74. The summed E-state index contributed by atoms with van der Waals surface area (Å²) < 4.78 is 11.1. The number of hydrogen-bond acceptors (Lipinski definition) is 4. The third-order valence-corrected chi connectivity index (χ3v) is 4.13. The van der Waals surface area contributed by atoms with E-state index >= 15 is 0 Å². The highest BCUT2D eigenvalue weighted by molar-refractivity contribution is 5.35. The Bertz CT molecular complexity index is 450. The molecule has 118 valence electrons. The number of aliphatic hydroxyl groups is 1. The molecule has 0 saturated heterocycles. The predicted octanol–water partition coefficient (Wildman–Crippen LogP) is 2.20. The van der Waals surface area contributed by atoms with Crippen LogP contribution in [0.5, 0.6) is 5.75 Å². The molecule has 1 saturated carbocycles. The Kier molecular flexibility index (Phi) is 6.03. The largest absolute Gasteiger partial charge is 0.491 e. The lowest BCUT2D eigenvalue weighted by Gasteiger charge is -2.22. The van der Waals surface area contributed by atoms with Gasteiger partial charge in [0.25, 0.3) is 0 Å². The van der Waals surface area contributed by atoms with E-state index in [1.165, 1.54) is 12.0 Å². The molecule has 1 aromatic carbocycles. The van der Waals surface area contributed by atoms with Gasteiger partial charge in [-0.25, -0.2) is 0 Å². The summed E-state index contributed by atoms with van der Waals surface area (Å²) in [5, 5.41) is 13.4. The standard InChI is InChI=1S/C17H27NO3/c1-12-7-8-16(13(2)9-12)21-11-14(19)10-18-15-5-4-6-17(15)20-3/h7-9,14-15,17-19H,4-6,10-11H2,1-3H3. The maximum absolute atomic E-state index is 10.0. The summed E-state index contributed by atoms with van der Waals surface area (Å²) in [5.74, 6) is 0.843. The van der Waals surface area contributed by atoms with E-state index in [2.05, 4.69) is 18.3 Å². The lowest BCUT2D eigenvalue weighted by atomic mass is 10.1. The number of aliphatic hydroxyl groups excluding tert-OH is 1. The molecule has 0 heterocycles. The molecule has 0 aliphatic heterocycles. The van der Waals surface area contributed by atoms with Crippen molar-refractivity contribution in [2.45, 2.75) is 51.4 Å². The Hall–Kier alpha value is -1.10. The van der Waals surface area contributed by atoms with E-state index < -0.39 is 6.10 Å². The van der Waals surface area contributed by atoms with Crippen LogP contribution in [-0.4, -0.2) is 43.6 Å². The zero-order chi connectivity index (χ0) is 15.2. The van der Waals surface area contributed by atoms with Gasteiger partial charge in [0, 0.05) is 19.7 Å². The van der Waals surface area contributed by atoms with Crippen molar-refractivity contribution in [2.24, 2.45) is 0 Å². The van der Waals surface area contributed by atoms with Crippen LogP contribution in [0.25, 0.3) is 0 Å². The first-order valence-corrected chi connectivity index (χ1v) is 7.74. The zero-order valence-corrected chi connectivity index (χ0v) is 13.3. The minimum absolute atomic E-state index is 0.275. The first-order chi connectivity index (χ1) is 10.1. The predicted molar refractivity (Wildman–Crippen MR) is 83.9 cm³/mol. The van der Waals surface area contributed by atoms with Crippen LogP contribution in [0.1, 0.15) is 30.4 Å². The molecule has 1 aromatic rings. The minimum Gasteiger partial charge on any atom is -0.491 e. The normalized spacial score (nSPS) is 23.2. The summed E-state index contributed by atoms with van der Waals surface area (Å²) in [5.41, 5.74) is 2.32. The molecule has 1 aliphatic rings. The molecule has 0 radical (unpaired) electrons. The van der Waals surface area contributed by atoms with Gasteiger partial charge in [-0.05, 0) is 44.7 Å². The molecule has 3 unspecified atom stereocenters. The van der Waals surface area contributed by atoms with Crippen molar-refractivity contribution >= 4 is 0 Å². The molecular weight excluding hydrogens is 266 g/mol. The summed E-state index contributed by atoms with van der Waals surface area (Å²) in [4.78, 5) is 0. The van der Waals surface area contributed by atoms with Crippen LogP contribution in [-0.2, 0) is 4.74 Å². The lowest BCUT2D eigenvalue weighted by molar-refractivity contribution is 0.0686. The summed E-state index contributed by atoms with van der Waals surface area (Å²) in [6.07, 6.45) is 3.17. The number of ether oxygens (including phenoxy) is 2. The van der Waals surface area contributed by atoms with Gasteiger partial charge < -0.3 is 19.9 Å². The Labute approximate surface area is 127 Å². The van der Waals surface area contributed by atoms with Crippen LogP contribution in [0.15, 0.2) is 18.2 Å². The average molecular weight is 293 g/mol. The topological polar surface area (TPSA) is 50.7 Å². The fourth-order valence-electron chi connectivity index (χ4n) is 2.94. The van der Waals surface area contributed by atoms with Crippen molar-refractivity contribution in [1.29, 1.82) is 0 Å². The van der Waals surface area contributed by atoms with Crippen LogP contribution in [0, 0.1) is 13.8 Å². The van der Waals surface area contributed by atoms with E-state index in [9.17, 15) is 5.11 Å². The van der Waals surface area contributed by atoms with Crippen LogP contribution in [0.3, 0.4) is 0 Å². The molecule has 0 aromatic heterocycles. The monoisotopic (exact) mass is 293 g/mol. The van der Waals surface area contributed by atoms with Crippen LogP contribution >= 0.6 is 0 Å². The summed E-state index contributed by atoms with van der Waals surface area (Å²) >= 11 is 0. The molecule has 3 atom stereocenters. The van der Waals surface area contributed by atoms with Gasteiger partial charge in [-0.2, -0.15) is 0 Å². The van der Waals surface area contributed by atoms with Gasteiger partial charge >= 0.3 is 0 Å². The van der Waals surface area contributed by atoms with Gasteiger partial charge in [0.2, 0.25) is 0 Å². The van der Waals surface area contributed by atoms with Crippen molar-refractivity contribution in [3.63, 3.8) is 0 Å². The molecule has 0 spiro atoms. The number of benzene rings is 1. The Morgan fingerprint density at radius 2 is 2.14 bits per heavy atom. The van der Waals surface area contributed by atoms with Crippen molar-refractivity contribution in [3.05, 3.63) is 29.3 Å². The molecule has 2 N–H and O–H groups in total. The Morgan fingerprint density at radius 1 is 1.33 bits per heavy atom. The van der Waals surface area contributed by atoms with Gasteiger partial charge in [0.1, 0.15) is 18.5 Å². The summed E-state index contributed by atoms with van der Waals surface area (Å²) in [7, 11) is 1.75. The molecule has 4 heteroatoms. The third-order valence-electron chi connectivity index (χ3n) is 4.13.